The number of fused-ring (bicyclic) bond motifs is 3. The monoisotopic (exact) mass is 276 g/mol. The highest BCUT2D eigenvalue weighted by Gasteiger charge is 2.56. The molecule has 0 aromatic carbocycles. The minimum absolute atomic E-state index is 0.734. The van der Waals surface area contributed by atoms with Gasteiger partial charge in [0.05, 0.1) is 0 Å². The average Bonchev–Trinajstić information content (AvgIpc) is 2.71. The fourth-order valence-electron chi connectivity index (χ4n) is 6.60. The molecule has 0 radical (unpaired) electrons. The second-order valence-electron chi connectivity index (χ2n) is 8.06. The number of aliphatic hydroxyl groups is 1. The molecular weight excluding hydrogens is 244 g/mol. The molecule has 4 saturated carbocycles. The standard InChI is InChI=1S/C18H28.CH4O/c1-12-4-3-5-16-15(12)8-9-18-10-13(2)14(11-18)6-7-17(16)18;1-2/h12,14-17H,2-11H2,1H3;2H,1H3/t12?,14-,15-,16?,17+,18-;/m1./s1. The summed E-state index contributed by atoms with van der Waals surface area (Å²) in [6, 6.07) is 0. The van der Waals surface area contributed by atoms with E-state index in [9.17, 15) is 0 Å². The van der Waals surface area contributed by atoms with Crippen LogP contribution in [0.15, 0.2) is 12.2 Å². The van der Waals surface area contributed by atoms with E-state index in [1.807, 2.05) is 0 Å². The van der Waals surface area contributed by atoms with Gasteiger partial charge in [0.15, 0.2) is 0 Å². The van der Waals surface area contributed by atoms with E-state index in [2.05, 4.69) is 13.5 Å². The summed E-state index contributed by atoms with van der Waals surface area (Å²) in [4.78, 5) is 0. The second kappa shape index (κ2) is 5.48. The van der Waals surface area contributed by atoms with Crippen LogP contribution in [-0.4, -0.2) is 12.2 Å². The molecule has 4 fully saturated rings. The van der Waals surface area contributed by atoms with Crippen LogP contribution in [0.2, 0.25) is 0 Å². The lowest BCUT2D eigenvalue weighted by Crippen LogP contribution is -2.46. The molecule has 2 unspecified atom stereocenters. The third-order valence-corrected chi connectivity index (χ3v) is 7.39. The summed E-state index contributed by atoms with van der Waals surface area (Å²) in [7, 11) is 1.00. The zero-order valence-electron chi connectivity index (χ0n) is 13.4. The van der Waals surface area contributed by atoms with Gasteiger partial charge in [-0.3, -0.25) is 0 Å². The third-order valence-electron chi connectivity index (χ3n) is 7.39. The van der Waals surface area contributed by atoms with Crippen LogP contribution in [0.5, 0.6) is 0 Å². The van der Waals surface area contributed by atoms with Gasteiger partial charge in [-0.25, -0.2) is 0 Å². The Bertz CT molecular complexity index is 374. The Morgan fingerprint density at radius 3 is 2.65 bits per heavy atom. The lowest BCUT2D eigenvalue weighted by Gasteiger charge is -2.55. The van der Waals surface area contributed by atoms with Gasteiger partial charge in [-0.2, -0.15) is 0 Å². The van der Waals surface area contributed by atoms with E-state index < -0.39 is 0 Å². The van der Waals surface area contributed by atoms with Gasteiger partial charge in [-0.05, 0) is 80.0 Å². The van der Waals surface area contributed by atoms with Crippen LogP contribution in [0, 0.1) is 35.0 Å². The molecule has 4 aliphatic rings. The van der Waals surface area contributed by atoms with Crippen LogP contribution in [0.4, 0.5) is 0 Å². The van der Waals surface area contributed by atoms with Crippen molar-refractivity contribution in [3.05, 3.63) is 12.2 Å². The Balaban J connectivity index is 0.000000581. The van der Waals surface area contributed by atoms with Crippen molar-refractivity contribution in [3.63, 3.8) is 0 Å². The fraction of sp³-hybridized carbons (Fsp3) is 0.895. The van der Waals surface area contributed by atoms with Gasteiger partial charge in [0.2, 0.25) is 0 Å². The third kappa shape index (κ3) is 2.08. The molecular formula is C19H32O. The molecule has 1 N–H and O–H groups in total. The Hall–Kier alpha value is -0.300. The first-order chi connectivity index (χ1) is 9.70. The highest BCUT2D eigenvalue weighted by molar-refractivity contribution is 5.19. The molecule has 6 atom stereocenters. The number of allylic oxidation sites excluding steroid dienone is 1. The van der Waals surface area contributed by atoms with E-state index >= 15 is 0 Å². The molecule has 114 valence electrons. The first-order valence-electron chi connectivity index (χ1n) is 8.82. The second-order valence-corrected chi connectivity index (χ2v) is 8.06. The van der Waals surface area contributed by atoms with Crippen molar-refractivity contribution in [2.24, 2.45) is 35.0 Å². The van der Waals surface area contributed by atoms with Gasteiger partial charge >= 0.3 is 0 Å². The lowest BCUT2D eigenvalue weighted by molar-refractivity contribution is -0.0550. The Kier molecular flexibility index (Phi) is 4.01. The van der Waals surface area contributed by atoms with Crippen LogP contribution < -0.4 is 0 Å². The summed E-state index contributed by atoms with van der Waals surface area (Å²) in [5, 5.41) is 7.00. The van der Waals surface area contributed by atoms with E-state index in [0.29, 0.717) is 0 Å². The van der Waals surface area contributed by atoms with E-state index in [1.54, 1.807) is 24.8 Å². The summed E-state index contributed by atoms with van der Waals surface area (Å²) in [5.74, 6) is 5.19. The maximum Gasteiger partial charge on any atom is 0.0319 e. The molecule has 0 aromatic heterocycles. The predicted octanol–water partition coefficient (Wildman–Crippen LogP) is 4.80. The molecule has 2 bridgehead atoms. The molecule has 4 rings (SSSR count). The molecule has 0 heterocycles. The summed E-state index contributed by atoms with van der Waals surface area (Å²) >= 11 is 0. The lowest BCUT2D eigenvalue weighted by atomic mass is 9.50. The van der Waals surface area contributed by atoms with Crippen molar-refractivity contribution in [1.29, 1.82) is 0 Å². The van der Waals surface area contributed by atoms with Gasteiger partial charge in [0.1, 0.15) is 0 Å². The molecule has 0 aliphatic heterocycles. The summed E-state index contributed by atoms with van der Waals surface area (Å²) in [6.07, 6.45) is 13.6. The van der Waals surface area contributed by atoms with E-state index in [-0.39, 0.29) is 0 Å². The normalized spacial score (nSPS) is 49.8. The zero-order chi connectivity index (χ0) is 14.3. The first kappa shape index (κ1) is 14.6. The Morgan fingerprint density at radius 2 is 1.85 bits per heavy atom. The summed E-state index contributed by atoms with van der Waals surface area (Å²) in [6.45, 7) is 6.94. The summed E-state index contributed by atoms with van der Waals surface area (Å²) < 4.78 is 0. The minimum Gasteiger partial charge on any atom is -0.400 e. The van der Waals surface area contributed by atoms with Gasteiger partial charge < -0.3 is 5.11 Å². The number of rotatable bonds is 0. The number of hydrogen-bond acceptors (Lipinski definition) is 1. The largest absolute Gasteiger partial charge is 0.400 e. The van der Waals surface area contributed by atoms with E-state index in [4.69, 9.17) is 5.11 Å². The van der Waals surface area contributed by atoms with Gasteiger partial charge in [-0.1, -0.05) is 31.9 Å². The van der Waals surface area contributed by atoms with Gasteiger partial charge in [0, 0.05) is 7.11 Å². The molecule has 0 aromatic rings. The topological polar surface area (TPSA) is 20.2 Å². The number of aliphatic hydroxyl groups excluding tert-OH is 1. The van der Waals surface area contributed by atoms with Crippen molar-refractivity contribution in [2.75, 3.05) is 7.11 Å². The maximum atomic E-state index is 7.00. The van der Waals surface area contributed by atoms with Gasteiger partial charge in [0.25, 0.3) is 0 Å². The molecule has 1 heteroatoms. The van der Waals surface area contributed by atoms with Crippen LogP contribution in [-0.2, 0) is 0 Å². The molecule has 1 spiro atoms. The quantitative estimate of drug-likeness (QED) is 0.630. The number of hydrogen-bond donors (Lipinski definition) is 1. The molecule has 20 heavy (non-hydrogen) atoms. The molecule has 0 amide bonds. The SMILES string of the molecule is C=C1C[C@@]23CC[C@@H]4C(C)CCCC4[C@@H]2CC[C@@H]1C3.CO. The Labute approximate surface area is 124 Å². The minimum atomic E-state index is 0.734. The maximum absolute atomic E-state index is 7.00. The van der Waals surface area contributed by atoms with Crippen LogP contribution in [0.25, 0.3) is 0 Å². The smallest absolute Gasteiger partial charge is 0.0319 e. The molecule has 1 nitrogen and oxygen atoms in total. The fourth-order valence-corrected chi connectivity index (χ4v) is 6.60. The molecule has 4 aliphatic carbocycles. The van der Waals surface area contributed by atoms with Crippen molar-refractivity contribution in [1.82, 2.24) is 0 Å². The highest BCUT2D eigenvalue weighted by Crippen LogP contribution is 2.66. The van der Waals surface area contributed by atoms with Crippen LogP contribution >= 0.6 is 0 Å². The zero-order valence-corrected chi connectivity index (χ0v) is 13.4. The summed E-state index contributed by atoms with van der Waals surface area (Å²) in [5.41, 5.74) is 2.36. The molecule has 0 saturated heterocycles. The van der Waals surface area contributed by atoms with Gasteiger partial charge in [-0.15, -0.1) is 0 Å². The van der Waals surface area contributed by atoms with Crippen molar-refractivity contribution in [2.45, 2.75) is 64.7 Å². The van der Waals surface area contributed by atoms with Crippen LogP contribution in [0.3, 0.4) is 0 Å². The highest BCUT2D eigenvalue weighted by atomic mass is 16.2. The predicted molar refractivity (Wildman–Crippen MR) is 84.4 cm³/mol. The van der Waals surface area contributed by atoms with E-state index in [0.717, 1.165) is 42.1 Å². The average molecular weight is 276 g/mol. The van der Waals surface area contributed by atoms with Crippen molar-refractivity contribution < 1.29 is 5.11 Å². The van der Waals surface area contributed by atoms with Crippen LogP contribution in [0.1, 0.15) is 64.7 Å². The first-order valence-corrected chi connectivity index (χ1v) is 8.82. The Morgan fingerprint density at radius 1 is 1.05 bits per heavy atom. The van der Waals surface area contributed by atoms with Crippen molar-refractivity contribution >= 4 is 0 Å². The van der Waals surface area contributed by atoms with E-state index in [1.165, 1.54) is 38.5 Å². The van der Waals surface area contributed by atoms with Crippen molar-refractivity contribution in [3.8, 4) is 0 Å².